The van der Waals surface area contributed by atoms with Crippen molar-refractivity contribution in [1.82, 2.24) is 0 Å². The average molecular weight is 346 g/mol. The van der Waals surface area contributed by atoms with E-state index in [1.807, 2.05) is 6.08 Å². The molecular weight excluding hydrogens is 324 g/mol. The maximum Gasteiger partial charge on any atom is 0.334 e. The van der Waals surface area contributed by atoms with Crippen molar-refractivity contribution in [2.45, 2.75) is 45.0 Å². The van der Waals surface area contributed by atoms with Crippen LogP contribution in [0, 0.1) is 11.8 Å². The van der Waals surface area contributed by atoms with E-state index in [0.717, 1.165) is 11.9 Å². The van der Waals surface area contributed by atoms with Gasteiger partial charge in [-0.3, -0.25) is 9.59 Å². The summed E-state index contributed by atoms with van der Waals surface area (Å²) in [4.78, 5) is 34.9. The summed E-state index contributed by atoms with van der Waals surface area (Å²) in [7, 11) is 0. The van der Waals surface area contributed by atoms with Crippen molar-refractivity contribution < 1.29 is 28.6 Å². The summed E-state index contributed by atoms with van der Waals surface area (Å²) in [5.74, 6) is -1.09. The van der Waals surface area contributed by atoms with Gasteiger partial charge in [0.25, 0.3) is 0 Å². The number of epoxide rings is 1. The molecule has 0 aromatic carbocycles. The molecule has 6 heteroatoms. The van der Waals surface area contributed by atoms with Gasteiger partial charge in [-0.1, -0.05) is 26.5 Å². The zero-order valence-corrected chi connectivity index (χ0v) is 14.4. The van der Waals surface area contributed by atoms with E-state index in [-0.39, 0.29) is 36.6 Å². The van der Waals surface area contributed by atoms with Crippen molar-refractivity contribution in [3.8, 4) is 0 Å². The van der Waals surface area contributed by atoms with E-state index < -0.39 is 12.1 Å². The molecule has 1 aliphatic carbocycles. The Labute approximate surface area is 146 Å². The van der Waals surface area contributed by atoms with Gasteiger partial charge in [0.05, 0.1) is 5.92 Å². The molecular formula is C19H22O6. The Hall–Kier alpha value is -2.21. The van der Waals surface area contributed by atoms with Gasteiger partial charge in [-0.25, -0.2) is 4.79 Å². The highest BCUT2D eigenvalue weighted by Crippen LogP contribution is 2.38. The third-order valence-corrected chi connectivity index (χ3v) is 4.76. The van der Waals surface area contributed by atoms with Gasteiger partial charge in [-0.2, -0.15) is 0 Å². The fourth-order valence-corrected chi connectivity index (χ4v) is 3.15. The van der Waals surface area contributed by atoms with E-state index in [1.165, 1.54) is 0 Å². The lowest BCUT2D eigenvalue weighted by Crippen LogP contribution is -2.20. The zero-order chi connectivity index (χ0) is 18.1. The van der Waals surface area contributed by atoms with E-state index >= 15 is 0 Å². The molecule has 0 spiro atoms. The number of hydrogen-bond donors (Lipinski definition) is 0. The molecule has 0 saturated carbocycles. The molecule has 0 radical (unpaired) electrons. The van der Waals surface area contributed by atoms with Gasteiger partial charge >= 0.3 is 11.9 Å². The normalized spacial score (nSPS) is 35.5. The molecule has 4 atom stereocenters. The Balaban J connectivity index is 1.81. The van der Waals surface area contributed by atoms with Crippen LogP contribution in [0.4, 0.5) is 0 Å². The summed E-state index contributed by atoms with van der Waals surface area (Å²) in [6.07, 6.45) is 4.56. The Morgan fingerprint density at radius 2 is 2.24 bits per heavy atom. The molecule has 2 heterocycles. The molecule has 0 aromatic rings. The molecule has 6 nitrogen and oxygen atoms in total. The lowest BCUT2D eigenvalue weighted by atomic mass is 9.88. The summed E-state index contributed by atoms with van der Waals surface area (Å²) < 4.78 is 16.3. The minimum Gasteiger partial charge on any atom is -0.461 e. The second-order valence-corrected chi connectivity index (χ2v) is 6.94. The van der Waals surface area contributed by atoms with Gasteiger partial charge in [0, 0.05) is 17.9 Å². The van der Waals surface area contributed by atoms with Crippen LogP contribution in [-0.4, -0.2) is 43.1 Å². The number of esters is 2. The molecule has 2 fully saturated rings. The number of carbonyl (C=O) groups excluding carboxylic acids is 3. The van der Waals surface area contributed by atoms with E-state index in [4.69, 9.17) is 14.2 Å². The summed E-state index contributed by atoms with van der Waals surface area (Å²) >= 11 is 0. The van der Waals surface area contributed by atoms with Gasteiger partial charge in [0.1, 0.15) is 31.2 Å². The fourth-order valence-electron chi connectivity index (χ4n) is 3.15. The first-order valence-corrected chi connectivity index (χ1v) is 8.47. The average Bonchev–Trinajstić information content (AvgIpc) is 3.28. The number of allylic oxidation sites excluding steroid dienone is 1. The Kier molecular flexibility index (Phi) is 4.90. The Bertz CT molecular complexity index is 671. The van der Waals surface area contributed by atoms with Crippen LogP contribution in [0.1, 0.15) is 26.7 Å². The van der Waals surface area contributed by atoms with Crippen molar-refractivity contribution >= 4 is 18.2 Å². The van der Waals surface area contributed by atoms with Crippen LogP contribution in [0.25, 0.3) is 0 Å². The molecule has 0 amide bonds. The van der Waals surface area contributed by atoms with Crippen molar-refractivity contribution in [2.24, 2.45) is 11.8 Å². The minimum atomic E-state index is -0.415. The van der Waals surface area contributed by atoms with Crippen LogP contribution in [0.5, 0.6) is 0 Å². The third kappa shape index (κ3) is 3.74. The van der Waals surface area contributed by atoms with Crippen LogP contribution in [-0.2, 0) is 28.6 Å². The molecule has 2 saturated heterocycles. The minimum absolute atomic E-state index is 0.140. The van der Waals surface area contributed by atoms with Gasteiger partial charge < -0.3 is 14.2 Å². The molecule has 2 aliphatic heterocycles. The van der Waals surface area contributed by atoms with Crippen molar-refractivity contribution in [1.29, 1.82) is 0 Å². The maximum atomic E-state index is 11.8. The van der Waals surface area contributed by atoms with Crippen LogP contribution >= 0.6 is 0 Å². The predicted octanol–water partition coefficient (Wildman–Crippen LogP) is 1.90. The molecule has 0 N–H and O–H groups in total. The second kappa shape index (κ2) is 6.96. The van der Waals surface area contributed by atoms with E-state index in [0.29, 0.717) is 24.0 Å². The first-order valence-electron chi connectivity index (χ1n) is 8.47. The molecule has 3 rings (SSSR count). The monoisotopic (exact) mass is 346 g/mol. The number of ether oxygens (including phenoxy) is 3. The molecule has 134 valence electrons. The van der Waals surface area contributed by atoms with Gasteiger partial charge in [-0.15, -0.1) is 0 Å². The fraction of sp³-hybridized carbons (Fsp3) is 0.526. The largest absolute Gasteiger partial charge is 0.461 e. The SMILES string of the molecule is C=C1C(=O)O[C@@H]2C/C(C=O)=C\[C@H]3O[C@@H]3/C(COC(=O)C(C)C)=C\C[C@@H]12. The lowest BCUT2D eigenvalue weighted by molar-refractivity contribution is -0.146. The maximum absolute atomic E-state index is 11.8. The highest BCUT2D eigenvalue weighted by Gasteiger charge is 2.44. The number of rotatable bonds is 4. The summed E-state index contributed by atoms with van der Waals surface area (Å²) in [6.45, 7) is 7.51. The molecule has 0 unspecified atom stereocenters. The zero-order valence-electron chi connectivity index (χ0n) is 14.4. The smallest absolute Gasteiger partial charge is 0.334 e. The first-order chi connectivity index (χ1) is 11.9. The van der Waals surface area contributed by atoms with Crippen LogP contribution < -0.4 is 0 Å². The molecule has 3 aliphatic rings. The highest BCUT2D eigenvalue weighted by atomic mass is 16.6. The predicted molar refractivity (Wildman–Crippen MR) is 88.4 cm³/mol. The van der Waals surface area contributed by atoms with E-state index in [9.17, 15) is 14.4 Å². The molecule has 0 aromatic heterocycles. The quantitative estimate of drug-likeness (QED) is 0.254. The van der Waals surface area contributed by atoms with Gasteiger partial charge in [0.15, 0.2) is 0 Å². The van der Waals surface area contributed by atoms with Crippen molar-refractivity contribution in [3.05, 3.63) is 35.5 Å². The number of carbonyl (C=O) groups is 3. The lowest BCUT2D eigenvalue weighted by Gasteiger charge is -2.18. The Morgan fingerprint density at radius 1 is 1.48 bits per heavy atom. The van der Waals surface area contributed by atoms with Crippen LogP contribution in [0.15, 0.2) is 35.5 Å². The Morgan fingerprint density at radius 3 is 2.92 bits per heavy atom. The molecule has 25 heavy (non-hydrogen) atoms. The summed E-state index contributed by atoms with van der Waals surface area (Å²) in [5, 5.41) is 0. The van der Waals surface area contributed by atoms with Crippen LogP contribution in [0.2, 0.25) is 0 Å². The van der Waals surface area contributed by atoms with E-state index in [1.54, 1.807) is 19.9 Å². The topological polar surface area (TPSA) is 82.2 Å². The molecule has 0 bridgehead atoms. The summed E-state index contributed by atoms with van der Waals surface area (Å²) in [5.41, 5.74) is 1.80. The number of hydrogen-bond acceptors (Lipinski definition) is 6. The van der Waals surface area contributed by atoms with E-state index in [2.05, 4.69) is 6.58 Å². The van der Waals surface area contributed by atoms with Crippen LogP contribution in [0.3, 0.4) is 0 Å². The van der Waals surface area contributed by atoms with Gasteiger partial charge in [-0.05, 0) is 23.6 Å². The number of fused-ring (bicyclic) bond motifs is 2. The standard InChI is InChI=1S/C19H22O6/c1-10(2)18(21)23-9-13-4-5-14-11(3)19(22)25-15(14)6-12(8-20)7-16-17(13)24-16/h4,7-8,10,14-17H,3,5-6,9H2,1-2H3/b12-7+,13-4-/t14-,15+,16+,17+/m0/s1. The summed E-state index contributed by atoms with van der Waals surface area (Å²) in [6, 6.07) is 0. The number of aldehydes is 1. The highest BCUT2D eigenvalue weighted by molar-refractivity contribution is 5.91. The second-order valence-electron chi connectivity index (χ2n) is 6.94. The third-order valence-electron chi connectivity index (χ3n) is 4.76. The first kappa shape index (κ1) is 17.6. The van der Waals surface area contributed by atoms with Crippen molar-refractivity contribution in [2.75, 3.05) is 6.61 Å². The van der Waals surface area contributed by atoms with Gasteiger partial charge in [0.2, 0.25) is 0 Å². The van der Waals surface area contributed by atoms with Crippen molar-refractivity contribution in [3.63, 3.8) is 0 Å².